The summed E-state index contributed by atoms with van der Waals surface area (Å²) in [6.45, 7) is 3.70. The zero-order valence-electron chi connectivity index (χ0n) is 10.2. The largest absolute Gasteiger partial charge is 0.479 e. The van der Waals surface area contributed by atoms with Gasteiger partial charge in [-0.15, -0.1) is 6.58 Å². The Bertz CT molecular complexity index is 249. The van der Waals surface area contributed by atoms with E-state index < -0.39 is 12.1 Å². The zero-order chi connectivity index (χ0) is 13.1. The fraction of sp³-hybridized carbons (Fsp3) is 0.667. The van der Waals surface area contributed by atoms with E-state index in [4.69, 9.17) is 9.84 Å². The maximum Gasteiger partial charge on any atom is 0.332 e. The Kier molecular flexibility index (Phi) is 9.05. The molecule has 17 heavy (non-hydrogen) atoms. The second-order valence-corrected chi connectivity index (χ2v) is 3.62. The number of esters is 1. The van der Waals surface area contributed by atoms with E-state index in [0.717, 1.165) is 6.42 Å². The van der Waals surface area contributed by atoms with Crippen molar-refractivity contribution in [2.45, 2.75) is 38.2 Å². The second-order valence-electron chi connectivity index (χ2n) is 3.62. The molecule has 0 saturated heterocycles. The summed E-state index contributed by atoms with van der Waals surface area (Å²) in [6.07, 6.45) is 3.77. The van der Waals surface area contributed by atoms with Gasteiger partial charge in [-0.1, -0.05) is 18.9 Å². The molecule has 0 aliphatic heterocycles. The normalized spacial score (nSPS) is 11.8. The van der Waals surface area contributed by atoms with Gasteiger partial charge in [0.05, 0.1) is 13.7 Å². The average molecular weight is 244 g/mol. The van der Waals surface area contributed by atoms with Gasteiger partial charge >= 0.3 is 11.9 Å². The van der Waals surface area contributed by atoms with E-state index in [1.807, 2.05) is 0 Å². The number of aliphatic carboxylic acids is 1. The van der Waals surface area contributed by atoms with Gasteiger partial charge < -0.3 is 14.6 Å². The molecule has 1 atom stereocenters. The Balaban J connectivity index is 3.64. The number of hydrogen-bond donors (Lipinski definition) is 1. The van der Waals surface area contributed by atoms with Gasteiger partial charge in [0.15, 0.2) is 6.10 Å². The second kappa shape index (κ2) is 9.84. The number of rotatable bonds is 10. The highest BCUT2D eigenvalue weighted by Gasteiger charge is 2.16. The first kappa shape index (κ1) is 15.6. The monoisotopic (exact) mass is 244 g/mol. The molecule has 0 aromatic rings. The molecule has 5 heteroatoms. The van der Waals surface area contributed by atoms with Crippen LogP contribution in [0.4, 0.5) is 0 Å². The van der Waals surface area contributed by atoms with Gasteiger partial charge in [0.25, 0.3) is 0 Å². The Hall–Kier alpha value is -1.36. The minimum atomic E-state index is -0.959. The summed E-state index contributed by atoms with van der Waals surface area (Å²) in [4.78, 5) is 21.6. The molecule has 0 amide bonds. The Morgan fingerprint density at radius 2 is 2.06 bits per heavy atom. The smallest absolute Gasteiger partial charge is 0.332 e. The summed E-state index contributed by atoms with van der Waals surface area (Å²) in [5.41, 5.74) is 0. The third-order valence-corrected chi connectivity index (χ3v) is 2.27. The van der Waals surface area contributed by atoms with Gasteiger partial charge in [0.2, 0.25) is 0 Å². The summed E-state index contributed by atoms with van der Waals surface area (Å²) in [7, 11) is 1.35. The molecule has 0 radical (unpaired) electrons. The van der Waals surface area contributed by atoms with Crippen LogP contribution in [-0.2, 0) is 19.1 Å². The van der Waals surface area contributed by atoms with Crippen LogP contribution in [0.1, 0.15) is 32.1 Å². The van der Waals surface area contributed by atoms with E-state index in [-0.39, 0.29) is 12.6 Å². The molecule has 98 valence electrons. The van der Waals surface area contributed by atoms with Crippen molar-refractivity contribution >= 4 is 11.9 Å². The van der Waals surface area contributed by atoms with Crippen LogP contribution in [0, 0.1) is 0 Å². The molecular formula is C12H20O5. The van der Waals surface area contributed by atoms with Gasteiger partial charge in [0.1, 0.15) is 0 Å². The SMILES string of the molecule is C=CCO[C@@H](CCCCCC(=O)OC)C(=O)O. The van der Waals surface area contributed by atoms with Crippen LogP contribution in [-0.4, -0.2) is 36.9 Å². The van der Waals surface area contributed by atoms with Crippen molar-refractivity contribution in [3.8, 4) is 0 Å². The lowest BCUT2D eigenvalue weighted by Gasteiger charge is -2.11. The molecule has 0 aromatic heterocycles. The number of ether oxygens (including phenoxy) is 2. The Labute approximate surface area is 101 Å². The highest BCUT2D eigenvalue weighted by molar-refractivity contribution is 5.72. The average Bonchev–Trinajstić information content (AvgIpc) is 2.31. The minimum Gasteiger partial charge on any atom is -0.479 e. The molecule has 0 aliphatic carbocycles. The van der Waals surface area contributed by atoms with E-state index in [0.29, 0.717) is 25.7 Å². The third-order valence-electron chi connectivity index (χ3n) is 2.27. The lowest BCUT2D eigenvalue weighted by molar-refractivity contribution is -0.150. The number of unbranched alkanes of at least 4 members (excludes halogenated alkanes) is 2. The molecule has 0 spiro atoms. The van der Waals surface area contributed by atoms with Crippen molar-refractivity contribution in [3.05, 3.63) is 12.7 Å². The van der Waals surface area contributed by atoms with E-state index >= 15 is 0 Å². The maximum atomic E-state index is 10.8. The van der Waals surface area contributed by atoms with Gasteiger partial charge in [-0.25, -0.2) is 4.79 Å². The fourth-order valence-corrected chi connectivity index (χ4v) is 1.34. The number of carbonyl (C=O) groups is 2. The van der Waals surface area contributed by atoms with Crippen molar-refractivity contribution in [3.63, 3.8) is 0 Å². The molecule has 5 nitrogen and oxygen atoms in total. The molecule has 0 heterocycles. The lowest BCUT2D eigenvalue weighted by atomic mass is 10.1. The van der Waals surface area contributed by atoms with Crippen LogP contribution >= 0.6 is 0 Å². The van der Waals surface area contributed by atoms with Gasteiger partial charge in [-0.2, -0.15) is 0 Å². The summed E-state index contributed by atoms with van der Waals surface area (Å²) in [6, 6.07) is 0. The first-order valence-electron chi connectivity index (χ1n) is 5.64. The molecule has 0 aromatic carbocycles. The number of carbonyl (C=O) groups excluding carboxylic acids is 1. The summed E-state index contributed by atoms with van der Waals surface area (Å²) in [5.74, 6) is -1.19. The number of carboxylic acids is 1. The van der Waals surface area contributed by atoms with Gasteiger partial charge in [-0.05, 0) is 12.8 Å². The zero-order valence-corrected chi connectivity index (χ0v) is 10.2. The Morgan fingerprint density at radius 1 is 1.35 bits per heavy atom. The molecule has 0 fully saturated rings. The predicted octanol–water partition coefficient (Wildman–Crippen LogP) is 1.77. The van der Waals surface area contributed by atoms with E-state index in [1.54, 1.807) is 0 Å². The number of carboxylic acid groups (broad SMARTS) is 1. The van der Waals surface area contributed by atoms with E-state index in [1.165, 1.54) is 13.2 Å². The lowest BCUT2D eigenvalue weighted by Crippen LogP contribution is -2.23. The van der Waals surface area contributed by atoms with E-state index in [9.17, 15) is 9.59 Å². The van der Waals surface area contributed by atoms with Crippen LogP contribution in [0.15, 0.2) is 12.7 Å². The van der Waals surface area contributed by atoms with Gasteiger partial charge in [0, 0.05) is 6.42 Å². The number of hydrogen-bond acceptors (Lipinski definition) is 4. The standard InChI is InChI=1S/C12H20O5/c1-3-9-17-10(12(14)15)7-5-4-6-8-11(13)16-2/h3,10H,1,4-9H2,2H3,(H,14,15)/t10-/m0/s1. The molecule has 0 rings (SSSR count). The molecular weight excluding hydrogens is 224 g/mol. The first-order chi connectivity index (χ1) is 8.11. The third kappa shape index (κ3) is 8.45. The first-order valence-corrected chi connectivity index (χ1v) is 5.64. The molecule has 0 saturated carbocycles. The van der Waals surface area contributed by atoms with Crippen molar-refractivity contribution in [2.75, 3.05) is 13.7 Å². The Morgan fingerprint density at radius 3 is 2.59 bits per heavy atom. The highest BCUT2D eigenvalue weighted by Crippen LogP contribution is 2.09. The molecule has 0 bridgehead atoms. The molecule has 0 aliphatic rings. The van der Waals surface area contributed by atoms with Crippen molar-refractivity contribution < 1.29 is 24.2 Å². The highest BCUT2D eigenvalue weighted by atomic mass is 16.5. The van der Waals surface area contributed by atoms with Gasteiger partial charge in [-0.3, -0.25) is 4.79 Å². The molecule has 1 N–H and O–H groups in total. The summed E-state index contributed by atoms with van der Waals surface area (Å²) in [5, 5.41) is 8.85. The quantitative estimate of drug-likeness (QED) is 0.360. The van der Waals surface area contributed by atoms with Crippen LogP contribution in [0.25, 0.3) is 0 Å². The fourth-order valence-electron chi connectivity index (χ4n) is 1.34. The summed E-state index contributed by atoms with van der Waals surface area (Å²) >= 11 is 0. The number of methoxy groups -OCH3 is 1. The maximum absolute atomic E-state index is 10.8. The van der Waals surface area contributed by atoms with E-state index in [2.05, 4.69) is 11.3 Å². The topological polar surface area (TPSA) is 72.8 Å². The van der Waals surface area contributed by atoms with Crippen LogP contribution < -0.4 is 0 Å². The van der Waals surface area contributed by atoms with Crippen LogP contribution in [0.2, 0.25) is 0 Å². The molecule has 0 unspecified atom stereocenters. The van der Waals surface area contributed by atoms with Crippen LogP contribution in [0.5, 0.6) is 0 Å². The summed E-state index contributed by atoms with van der Waals surface area (Å²) < 4.78 is 9.59. The van der Waals surface area contributed by atoms with Crippen molar-refractivity contribution in [2.24, 2.45) is 0 Å². The van der Waals surface area contributed by atoms with Crippen molar-refractivity contribution in [1.82, 2.24) is 0 Å². The predicted molar refractivity (Wildman–Crippen MR) is 62.7 cm³/mol. The minimum absolute atomic E-state index is 0.234. The van der Waals surface area contributed by atoms with Crippen LogP contribution in [0.3, 0.4) is 0 Å². The van der Waals surface area contributed by atoms with Crippen molar-refractivity contribution in [1.29, 1.82) is 0 Å².